The van der Waals surface area contributed by atoms with Crippen molar-refractivity contribution in [3.8, 4) is 0 Å². The molecule has 75 heavy (non-hydrogen) atoms. The summed E-state index contributed by atoms with van der Waals surface area (Å²) in [6.07, 6.45) is 62.6. The van der Waals surface area contributed by atoms with Gasteiger partial charge in [-0.05, 0) is 70.6 Å². The summed E-state index contributed by atoms with van der Waals surface area (Å²) in [7, 11) is 0. The number of amides is 1. The lowest BCUT2D eigenvalue weighted by Gasteiger charge is -2.40. The number of carbonyl (C=O) groups is 1. The van der Waals surface area contributed by atoms with Crippen molar-refractivity contribution in [2.45, 2.75) is 345 Å². The molecule has 8 unspecified atom stereocenters. The molecule has 0 radical (unpaired) electrons. The lowest BCUT2D eigenvalue weighted by Crippen LogP contribution is -2.60. The van der Waals surface area contributed by atoms with Gasteiger partial charge in [0.1, 0.15) is 30.5 Å². The Balaban J connectivity index is 2.11. The lowest BCUT2D eigenvalue weighted by atomic mass is 9.99. The first kappa shape index (κ1) is 71.1. The minimum absolute atomic E-state index is 0.302. The SMILES string of the molecule is CCCCCC/C=C/CC/C=C/CC/C=C/C(O)C(COC1OC(CO)C(O)C(O)C1O)NC(=O)C(O)CCCCCCCCCCCCCCCCCC/C=C\CCCCCCCCCCCCCCCCCC. The van der Waals surface area contributed by atoms with Gasteiger partial charge in [0.25, 0.3) is 0 Å². The zero-order chi connectivity index (χ0) is 54.5. The summed E-state index contributed by atoms with van der Waals surface area (Å²) in [5, 5.41) is 65.0. The summed E-state index contributed by atoms with van der Waals surface area (Å²) in [6, 6.07) is -1.00. The Bertz CT molecular complexity index is 1340. The second-order valence-corrected chi connectivity index (χ2v) is 22.3. The molecule has 1 aliphatic heterocycles. The van der Waals surface area contributed by atoms with Gasteiger partial charge in [-0.3, -0.25) is 4.79 Å². The first-order valence-corrected chi connectivity index (χ1v) is 32.0. The van der Waals surface area contributed by atoms with Gasteiger partial charge in [0, 0.05) is 0 Å². The van der Waals surface area contributed by atoms with Crippen molar-refractivity contribution in [1.29, 1.82) is 0 Å². The number of nitrogens with one attached hydrogen (secondary N) is 1. The minimum Gasteiger partial charge on any atom is -0.394 e. The first-order valence-electron chi connectivity index (χ1n) is 32.0. The Hall–Kier alpha value is -1.89. The maximum atomic E-state index is 13.1. The van der Waals surface area contributed by atoms with E-state index in [1.54, 1.807) is 6.08 Å². The van der Waals surface area contributed by atoms with Crippen LogP contribution in [-0.4, -0.2) is 98.7 Å². The summed E-state index contributed by atoms with van der Waals surface area (Å²) in [6.45, 7) is 3.59. The normalized spacial score (nSPS) is 19.6. The molecule has 0 aromatic rings. The molecule has 0 saturated carbocycles. The van der Waals surface area contributed by atoms with Crippen LogP contribution in [0, 0.1) is 0 Å². The fourth-order valence-corrected chi connectivity index (χ4v) is 10.1. The van der Waals surface area contributed by atoms with Crippen molar-refractivity contribution in [3.63, 3.8) is 0 Å². The largest absolute Gasteiger partial charge is 0.394 e. The van der Waals surface area contributed by atoms with E-state index in [0.29, 0.717) is 19.3 Å². The molecule has 0 aliphatic carbocycles. The van der Waals surface area contributed by atoms with Crippen molar-refractivity contribution in [1.82, 2.24) is 5.32 Å². The molecule has 0 bridgehead atoms. The molecule has 1 heterocycles. The van der Waals surface area contributed by atoms with Crippen LogP contribution in [0.3, 0.4) is 0 Å². The highest BCUT2D eigenvalue weighted by atomic mass is 16.7. The Morgan fingerprint density at radius 3 is 1.17 bits per heavy atom. The molecule has 0 aromatic heterocycles. The predicted molar refractivity (Wildman–Crippen MR) is 315 cm³/mol. The molecule has 440 valence electrons. The third-order valence-electron chi connectivity index (χ3n) is 15.2. The fraction of sp³-hybridized carbons (Fsp3) is 0.862. The Kier molecular flexibility index (Phi) is 51.3. The van der Waals surface area contributed by atoms with Gasteiger partial charge < -0.3 is 45.4 Å². The average Bonchev–Trinajstić information content (AvgIpc) is 3.41. The van der Waals surface area contributed by atoms with Gasteiger partial charge in [-0.15, -0.1) is 0 Å². The van der Waals surface area contributed by atoms with E-state index in [-0.39, 0.29) is 6.61 Å². The van der Waals surface area contributed by atoms with Gasteiger partial charge in [-0.2, -0.15) is 0 Å². The van der Waals surface area contributed by atoms with E-state index in [9.17, 15) is 35.4 Å². The topological polar surface area (TPSA) is 169 Å². The van der Waals surface area contributed by atoms with Gasteiger partial charge in [0.2, 0.25) is 5.91 Å². The summed E-state index contributed by atoms with van der Waals surface area (Å²) in [5.41, 5.74) is 0. The van der Waals surface area contributed by atoms with Crippen LogP contribution in [0.5, 0.6) is 0 Å². The summed E-state index contributed by atoms with van der Waals surface area (Å²) >= 11 is 0. The third-order valence-corrected chi connectivity index (χ3v) is 15.2. The van der Waals surface area contributed by atoms with E-state index < -0.39 is 61.5 Å². The number of ether oxygens (including phenoxy) is 2. The van der Waals surface area contributed by atoms with Gasteiger partial charge in [-0.1, -0.05) is 274 Å². The molecule has 0 spiro atoms. The molecule has 10 nitrogen and oxygen atoms in total. The van der Waals surface area contributed by atoms with Crippen LogP contribution in [-0.2, 0) is 14.3 Å². The van der Waals surface area contributed by atoms with Crippen LogP contribution < -0.4 is 5.32 Å². The number of allylic oxidation sites excluding steroid dienone is 7. The van der Waals surface area contributed by atoms with Crippen molar-refractivity contribution >= 4 is 5.91 Å². The summed E-state index contributed by atoms with van der Waals surface area (Å²) in [5.74, 6) is -0.628. The molecule has 1 rings (SSSR count). The highest BCUT2D eigenvalue weighted by Crippen LogP contribution is 2.23. The van der Waals surface area contributed by atoms with E-state index in [2.05, 4.69) is 55.6 Å². The lowest BCUT2D eigenvalue weighted by molar-refractivity contribution is -0.302. The van der Waals surface area contributed by atoms with Crippen LogP contribution >= 0.6 is 0 Å². The molecule has 10 heteroatoms. The maximum absolute atomic E-state index is 13.1. The minimum atomic E-state index is -1.62. The van der Waals surface area contributed by atoms with E-state index in [4.69, 9.17) is 9.47 Å². The zero-order valence-electron chi connectivity index (χ0n) is 48.7. The van der Waals surface area contributed by atoms with E-state index >= 15 is 0 Å². The standard InChI is InChI=1S/C65H121NO9/c1-3-5-7-9-11-13-15-17-19-20-21-22-23-24-25-26-27-28-29-30-31-32-33-34-35-36-37-38-39-40-42-44-46-48-50-52-54-59(69)64(73)66-57(56-74-65-63(72)62(71)61(70)60(55-67)75-65)58(68)53-51-49-47-45-43-41-18-16-14-12-10-8-6-4-2/h14,16,28-29,43,45,51,53,57-63,65,67-72H,3-13,15,17-27,30-42,44,46-50,52,54-56H2,1-2H3,(H,66,73)/b16-14+,29-28-,45-43+,53-51+. The van der Waals surface area contributed by atoms with Crippen LogP contribution in [0.4, 0.5) is 0 Å². The van der Waals surface area contributed by atoms with E-state index in [1.165, 1.54) is 218 Å². The Labute approximate surface area is 461 Å². The first-order chi connectivity index (χ1) is 36.8. The van der Waals surface area contributed by atoms with Crippen LogP contribution in [0.15, 0.2) is 48.6 Å². The smallest absolute Gasteiger partial charge is 0.249 e. The van der Waals surface area contributed by atoms with Gasteiger partial charge >= 0.3 is 0 Å². The van der Waals surface area contributed by atoms with Gasteiger partial charge in [0.05, 0.1) is 25.4 Å². The van der Waals surface area contributed by atoms with Crippen molar-refractivity contribution in [2.24, 2.45) is 0 Å². The molecule has 0 aromatic carbocycles. The number of hydrogen-bond acceptors (Lipinski definition) is 9. The second-order valence-electron chi connectivity index (χ2n) is 22.3. The molecule has 1 amide bonds. The number of aliphatic hydroxyl groups is 6. The van der Waals surface area contributed by atoms with Crippen LogP contribution in [0.1, 0.15) is 296 Å². The maximum Gasteiger partial charge on any atom is 0.249 e. The van der Waals surface area contributed by atoms with Gasteiger partial charge in [-0.25, -0.2) is 0 Å². The highest BCUT2D eigenvalue weighted by Gasteiger charge is 2.44. The average molecular weight is 1060 g/mol. The van der Waals surface area contributed by atoms with E-state index in [1.807, 2.05) is 6.08 Å². The predicted octanol–water partition coefficient (Wildman–Crippen LogP) is 15.4. The number of carbonyl (C=O) groups excluding carboxylic acids is 1. The Morgan fingerprint density at radius 2 is 0.787 bits per heavy atom. The molecule has 8 atom stereocenters. The zero-order valence-corrected chi connectivity index (χ0v) is 48.7. The van der Waals surface area contributed by atoms with Crippen molar-refractivity contribution in [2.75, 3.05) is 13.2 Å². The highest BCUT2D eigenvalue weighted by molar-refractivity contribution is 5.80. The molecular formula is C65H121NO9. The third kappa shape index (κ3) is 42.7. The van der Waals surface area contributed by atoms with Crippen LogP contribution in [0.2, 0.25) is 0 Å². The van der Waals surface area contributed by atoms with Crippen molar-refractivity contribution < 1.29 is 44.9 Å². The summed E-state index contributed by atoms with van der Waals surface area (Å²) in [4.78, 5) is 13.1. The number of hydrogen-bond donors (Lipinski definition) is 7. The van der Waals surface area contributed by atoms with Gasteiger partial charge in [0.15, 0.2) is 6.29 Å². The summed E-state index contributed by atoms with van der Waals surface area (Å²) < 4.78 is 11.2. The molecule has 1 saturated heterocycles. The molecule has 1 fully saturated rings. The number of unbranched alkanes of at least 4 members (excludes halogenated alkanes) is 38. The fourth-order valence-electron chi connectivity index (χ4n) is 10.1. The van der Waals surface area contributed by atoms with Crippen LogP contribution in [0.25, 0.3) is 0 Å². The second kappa shape index (κ2) is 54.1. The number of rotatable bonds is 55. The van der Waals surface area contributed by atoms with E-state index in [0.717, 1.165) is 44.9 Å². The quantitative estimate of drug-likeness (QED) is 0.0232. The monoisotopic (exact) mass is 1060 g/mol. The molecule has 1 aliphatic rings. The number of aliphatic hydroxyl groups excluding tert-OH is 6. The van der Waals surface area contributed by atoms with Crippen molar-refractivity contribution in [3.05, 3.63) is 48.6 Å². The molecule has 7 N–H and O–H groups in total. The Morgan fingerprint density at radius 1 is 0.453 bits per heavy atom. The molecular weight excluding hydrogens is 939 g/mol.